The van der Waals surface area contributed by atoms with Crippen LogP contribution in [-0.4, -0.2) is 51.2 Å². The van der Waals surface area contributed by atoms with E-state index in [9.17, 15) is 9.59 Å². The minimum absolute atomic E-state index is 0.0125. The van der Waals surface area contributed by atoms with Crippen molar-refractivity contribution < 1.29 is 14.3 Å². The van der Waals surface area contributed by atoms with Gasteiger partial charge in [-0.1, -0.05) is 30.3 Å². The fourth-order valence-corrected chi connectivity index (χ4v) is 3.14. The summed E-state index contributed by atoms with van der Waals surface area (Å²) in [6.07, 6.45) is 1.77. The maximum Gasteiger partial charge on any atom is 0.315 e. The Morgan fingerprint density at radius 2 is 1.64 bits per heavy atom. The molecule has 2 N–H and O–H groups in total. The van der Waals surface area contributed by atoms with Crippen LogP contribution in [0.5, 0.6) is 0 Å². The van der Waals surface area contributed by atoms with Gasteiger partial charge in [0.25, 0.3) is 0 Å². The van der Waals surface area contributed by atoms with Crippen molar-refractivity contribution >= 4 is 17.5 Å². The highest BCUT2D eigenvalue weighted by molar-refractivity contribution is 5.99. The zero-order valence-corrected chi connectivity index (χ0v) is 16.0. The van der Waals surface area contributed by atoms with Crippen LogP contribution in [0.3, 0.4) is 0 Å². The molecule has 0 unspecified atom stereocenters. The lowest BCUT2D eigenvalue weighted by atomic mass is 10.1. The number of hydrogen-bond donors (Lipinski definition) is 2. The molecule has 0 saturated carbocycles. The van der Waals surface area contributed by atoms with E-state index in [4.69, 9.17) is 4.74 Å². The van der Waals surface area contributed by atoms with Gasteiger partial charge in [-0.15, -0.1) is 0 Å². The summed E-state index contributed by atoms with van der Waals surface area (Å²) in [7, 11) is 0. The Bertz CT molecular complexity index is 756. The first-order valence-corrected chi connectivity index (χ1v) is 9.74. The van der Waals surface area contributed by atoms with Gasteiger partial charge >= 0.3 is 6.03 Å². The molecule has 0 aromatic heterocycles. The maximum absolute atomic E-state index is 12.3. The predicted molar refractivity (Wildman–Crippen MR) is 110 cm³/mol. The van der Waals surface area contributed by atoms with Gasteiger partial charge in [0.1, 0.15) is 0 Å². The van der Waals surface area contributed by atoms with Crippen LogP contribution in [0.1, 0.15) is 22.3 Å². The van der Waals surface area contributed by atoms with Crippen molar-refractivity contribution in [3.8, 4) is 0 Å². The normalized spacial score (nSPS) is 13.8. The number of amides is 2. The first-order valence-electron chi connectivity index (χ1n) is 9.74. The Labute approximate surface area is 165 Å². The number of morpholine rings is 1. The number of ether oxygens (including phenoxy) is 1. The Hall–Kier alpha value is -2.86. The van der Waals surface area contributed by atoms with Crippen LogP contribution < -0.4 is 15.5 Å². The third kappa shape index (κ3) is 6.09. The van der Waals surface area contributed by atoms with E-state index in [2.05, 4.69) is 27.7 Å². The Balaban J connectivity index is 1.35. The molecule has 0 spiro atoms. The summed E-state index contributed by atoms with van der Waals surface area (Å²) in [6.45, 7) is 3.74. The average molecular weight is 381 g/mol. The molecule has 6 nitrogen and oxygen atoms in total. The number of carbonyl (C=O) groups excluding carboxylic acids is 2. The highest BCUT2D eigenvalue weighted by Gasteiger charge is 2.12. The number of carbonyl (C=O) groups is 2. The highest BCUT2D eigenvalue weighted by Crippen LogP contribution is 2.16. The first kappa shape index (κ1) is 19.9. The summed E-state index contributed by atoms with van der Waals surface area (Å²) in [4.78, 5) is 26.4. The molecular weight excluding hydrogens is 354 g/mol. The molecule has 148 valence electrons. The number of rotatable bonds is 8. The Morgan fingerprint density at radius 1 is 0.929 bits per heavy atom. The lowest BCUT2D eigenvalue weighted by Crippen LogP contribution is -2.39. The second-order valence-corrected chi connectivity index (χ2v) is 6.77. The second-order valence-electron chi connectivity index (χ2n) is 6.77. The second kappa shape index (κ2) is 10.5. The number of nitrogens with zero attached hydrogens (tertiary/aromatic N) is 1. The number of aryl methyl sites for hydroxylation is 1. The summed E-state index contributed by atoms with van der Waals surface area (Å²) < 4.78 is 5.35. The van der Waals surface area contributed by atoms with Crippen molar-refractivity contribution in [2.75, 3.05) is 44.3 Å². The average Bonchev–Trinajstić information content (AvgIpc) is 2.76. The van der Waals surface area contributed by atoms with E-state index in [-0.39, 0.29) is 18.4 Å². The zero-order valence-electron chi connectivity index (χ0n) is 16.0. The van der Waals surface area contributed by atoms with Gasteiger partial charge in [-0.2, -0.15) is 0 Å². The fraction of sp³-hybridized carbons (Fsp3) is 0.364. The van der Waals surface area contributed by atoms with Gasteiger partial charge in [-0.05, 0) is 42.7 Å². The minimum Gasteiger partial charge on any atom is -0.378 e. The largest absolute Gasteiger partial charge is 0.378 e. The number of nitrogens with one attached hydrogen (secondary N) is 2. The summed E-state index contributed by atoms with van der Waals surface area (Å²) in [5, 5.41) is 5.42. The standard InChI is InChI=1S/C22H27N3O3/c26-21(19-8-10-20(11-9-19)25-13-15-28-16-14-25)17-24-22(27)23-12-4-7-18-5-2-1-3-6-18/h1-3,5-6,8-11H,4,7,12-17H2,(H2,23,24,27). The molecule has 2 amide bonds. The van der Waals surface area contributed by atoms with Crippen molar-refractivity contribution in [3.05, 3.63) is 65.7 Å². The van der Waals surface area contributed by atoms with Gasteiger partial charge in [-0.25, -0.2) is 4.79 Å². The molecule has 1 heterocycles. The van der Waals surface area contributed by atoms with E-state index in [0.29, 0.717) is 12.1 Å². The van der Waals surface area contributed by atoms with Crippen molar-refractivity contribution in [3.63, 3.8) is 0 Å². The van der Waals surface area contributed by atoms with Crippen molar-refractivity contribution in [1.29, 1.82) is 0 Å². The molecule has 1 aliphatic rings. The van der Waals surface area contributed by atoms with Gasteiger partial charge in [0.2, 0.25) is 0 Å². The Kier molecular flexibility index (Phi) is 7.44. The third-order valence-electron chi connectivity index (χ3n) is 4.75. The molecule has 0 radical (unpaired) electrons. The van der Waals surface area contributed by atoms with Crippen LogP contribution in [0.2, 0.25) is 0 Å². The number of Topliss-reactive ketones (excluding diaryl/α,β-unsaturated/α-hetero) is 1. The number of ketones is 1. The van der Waals surface area contributed by atoms with Gasteiger partial charge in [0, 0.05) is 30.9 Å². The first-order chi connectivity index (χ1) is 13.7. The van der Waals surface area contributed by atoms with E-state index in [1.807, 2.05) is 42.5 Å². The van der Waals surface area contributed by atoms with Crippen molar-refractivity contribution in [2.24, 2.45) is 0 Å². The van der Waals surface area contributed by atoms with Gasteiger partial charge in [0.15, 0.2) is 5.78 Å². The number of benzene rings is 2. The topological polar surface area (TPSA) is 70.7 Å². The van der Waals surface area contributed by atoms with E-state index in [0.717, 1.165) is 44.8 Å². The molecule has 6 heteroatoms. The zero-order chi connectivity index (χ0) is 19.6. The number of hydrogen-bond acceptors (Lipinski definition) is 4. The molecule has 1 aliphatic heterocycles. The van der Waals surface area contributed by atoms with Gasteiger partial charge in [0.05, 0.1) is 19.8 Å². The fourth-order valence-electron chi connectivity index (χ4n) is 3.14. The molecule has 28 heavy (non-hydrogen) atoms. The van der Waals surface area contributed by atoms with Crippen LogP contribution in [0.4, 0.5) is 10.5 Å². The monoisotopic (exact) mass is 381 g/mol. The van der Waals surface area contributed by atoms with E-state index < -0.39 is 0 Å². The molecule has 0 atom stereocenters. The highest BCUT2D eigenvalue weighted by atomic mass is 16.5. The van der Waals surface area contributed by atoms with Gasteiger partial charge < -0.3 is 20.3 Å². The number of urea groups is 1. The quantitative estimate of drug-likeness (QED) is 0.545. The minimum atomic E-state index is -0.314. The smallest absolute Gasteiger partial charge is 0.315 e. The molecule has 1 saturated heterocycles. The summed E-state index contributed by atoms with van der Waals surface area (Å²) in [5.74, 6) is -0.104. The summed E-state index contributed by atoms with van der Waals surface area (Å²) in [6, 6.07) is 17.4. The SMILES string of the molecule is O=C(NCCCc1ccccc1)NCC(=O)c1ccc(N2CCOCC2)cc1. The molecule has 2 aromatic rings. The van der Waals surface area contributed by atoms with Crippen molar-refractivity contribution in [2.45, 2.75) is 12.8 Å². The van der Waals surface area contributed by atoms with Crippen LogP contribution in [0.15, 0.2) is 54.6 Å². The van der Waals surface area contributed by atoms with E-state index >= 15 is 0 Å². The van der Waals surface area contributed by atoms with Crippen LogP contribution in [-0.2, 0) is 11.2 Å². The Morgan fingerprint density at radius 3 is 2.36 bits per heavy atom. The molecule has 0 aliphatic carbocycles. The van der Waals surface area contributed by atoms with Crippen LogP contribution in [0, 0.1) is 0 Å². The van der Waals surface area contributed by atoms with Crippen LogP contribution in [0.25, 0.3) is 0 Å². The molecule has 2 aromatic carbocycles. The lowest BCUT2D eigenvalue weighted by Gasteiger charge is -2.28. The van der Waals surface area contributed by atoms with E-state index in [1.54, 1.807) is 0 Å². The maximum atomic E-state index is 12.3. The summed E-state index contributed by atoms with van der Waals surface area (Å²) in [5.41, 5.74) is 2.94. The van der Waals surface area contributed by atoms with Crippen LogP contribution >= 0.6 is 0 Å². The lowest BCUT2D eigenvalue weighted by molar-refractivity contribution is 0.0992. The van der Waals surface area contributed by atoms with E-state index in [1.165, 1.54) is 5.56 Å². The molecule has 1 fully saturated rings. The molecule has 0 bridgehead atoms. The van der Waals surface area contributed by atoms with Crippen molar-refractivity contribution in [1.82, 2.24) is 10.6 Å². The van der Waals surface area contributed by atoms with Gasteiger partial charge in [-0.3, -0.25) is 4.79 Å². The molecule has 3 rings (SSSR count). The molecular formula is C22H27N3O3. The summed E-state index contributed by atoms with van der Waals surface area (Å²) >= 11 is 0. The predicted octanol–water partition coefficient (Wildman–Crippen LogP) is 2.64. The third-order valence-corrected chi connectivity index (χ3v) is 4.75. The number of anilines is 1.